The molecule has 0 radical (unpaired) electrons. The molecule has 0 unspecified atom stereocenters. The summed E-state index contributed by atoms with van der Waals surface area (Å²) in [5.41, 5.74) is 2.25. The minimum absolute atomic E-state index is 1.04. The van der Waals surface area contributed by atoms with Crippen LogP contribution in [-0.2, 0) is 0 Å². The molecule has 0 aromatic carbocycles. The Morgan fingerprint density at radius 1 is 1.45 bits per heavy atom. The maximum absolute atomic E-state index is 4.23. The van der Waals surface area contributed by atoms with Gasteiger partial charge in [0.2, 0.25) is 0 Å². The van der Waals surface area contributed by atoms with Gasteiger partial charge in [-0.25, -0.2) is 0 Å². The quantitative estimate of drug-likeness (QED) is 0.626. The number of nitrogens with zero attached hydrogens (tertiary/aromatic N) is 1. The van der Waals surface area contributed by atoms with Crippen molar-refractivity contribution < 1.29 is 0 Å². The van der Waals surface area contributed by atoms with E-state index in [1.165, 1.54) is 5.56 Å². The van der Waals surface area contributed by atoms with E-state index >= 15 is 0 Å². The Bertz CT molecular complexity index is 234. The zero-order chi connectivity index (χ0) is 8.10. The Morgan fingerprint density at radius 2 is 2.27 bits per heavy atom. The van der Waals surface area contributed by atoms with E-state index in [4.69, 9.17) is 0 Å². The lowest BCUT2D eigenvalue weighted by atomic mass is 10.2. The third-order valence-corrected chi connectivity index (χ3v) is 1.46. The van der Waals surface area contributed by atoms with Crippen molar-refractivity contribution >= 4 is 6.08 Å². The van der Waals surface area contributed by atoms with Crippen LogP contribution in [0, 0.1) is 6.92 Å². The molecule has 0 saturated heterocycles. The summed E-state index contributed by atoms with van der Waals surface area (Å²) in [6, 6.07) is 4.10. The first-order valence-electron chi connectivity index (χ1n) is 3.92. The van der Waals surface area contributed by atoms with Gasteiger partial charge in [-0.1, -0.05) is 19.1 Å². The molecule has 1 aromatic rings. The number of allylic oxidation sites excluding steroid dienone is 1. The van der Waals surface area contributed by atoms with Crippen molar-refractivity contribution in [3.8, 4) is 0 Å². The maximum Gasteiger partial charge on any atom is 0.0626 e. The molecule has 1 heteroatoms. The molecule has 0 N–H and O–H groups in total. The maximum atomic E-state index is 4.23. The molecule has 0 aliphatic heterocycles. The molecule has 1 aromatic heterocycles. The van der Waals surface area contributed by atoms with Crippen molar-refractivity contribution in [2.75, 3.05) is 0 Å². The number of rotatable bonds is 2. The Balaban J connectivity index is 2.73. The van der Waals surface area contributed by atoms with Gasteiger partial charge >= 0.3 is 0 Å². The van der Waals surface area contributed by atoms with Crippen LogP contribution >= 0.6 is 0 Å². The Labute approximate surface area is 67.8 Å². The number of hydrogen-bond acceptors (Lipinski definition) is 1. The van der Waals surface area contributed by atoms with E-state index in [1.54, 1.807) is 0 Å². The van der Waals surface area contributed by atoms with E-state index < -0.39 is 0 Å². The smallest absolute Gasteiger partial charge is 0.0626 e. The summed E-state index contributed by atoms with van der Waals surface area (Å²) in [6.07, 6.45) is 7.10. The summed E-state index contributed by atoms with van der Waals surface area (Å²) in [5, 5.41) is 0. The largest absolute Gasteiger partial charge is 0.257 e. The van der Waals surface area contributed by atoms with E-state index in [9.17, 15) is 0 Å². The predicted molar refractivity (Wildman–Crippen MR) is 48.3 cm³/mol. The van der Waals surface area contributed by atoms with Crippen LogP contribution in [0.5, 0.6) is 0 Å². The fraction of sp³-hybridized carbons (Fsp3) is 0.300. The van der Waals surface area contributed by atoms with Gasteiger partial charge in [0.15, 0.2) is 0 Å². The SMILES string of the molecule is CCC=Cc1ccc(C)cn1. The minimum atomic E-state index is 1.04. The highest BCUT2D eigenvalue weighted by Crippen LogP contribution is 2.00. The van der Waals surface area contributed by atoms with Gasteiger partial charge < -0.3 is 0 Å². The van der Waals surface area contributed by atoms with Gasteiger partial charge in [-0.05, 0) is 31.1 Å². The van der Waals surface area contributed by atoms with Crippen molar-refractivity contribution in [1.82, 2.24) is 4.98 Å². The Kier molecular flexibility index (Phi) is 2.84. The summed E-state index contributed by atoms with van der Waals surface area (Å²) in [4.78, 5) is 4.23. The van der Waals surface area contributed by atoms with Gasteiger partial charge in [0.05, 0.1) is 5.69 Å². The van der Waals surface area contributed by atoms with Crippen LogP contribution in [0.25, 0.3) is 6.08 Å². The highest BCUT2D eigenvalue weighted by Gasteiger charge is 1.85. The fourth-order valence-corrected chi connectivity index (χ4v) is 0.816. The molecule has 1 heterocycles. The summed E-state index contributed by atoms with van der Waals surface area (Å²) in [7, 11) is 0. The zero-order valence-electron chi connectivity index (χ0n) is 7.04. The van der Waals surface area contributed by atoms with E-state index in [2.05, 4.69) is 24.1 Å². The molecule has 0 fully saturated rings. The molecule has 0 saturated carbocycles. The van der Waals surface area contributed by atoms with Crippen LogP contribution in [-0.4, -0.2) is 4.98 Å². The molecule has 0 bridgehead atoms. The van der Waals surface area contributed by atoms with E-state index in [0.29, 0.717) is 0 Å². The fourth-order valence-electron chi connectivity index (χ4n) is 0.816. The lowest BCUT2D eigenvalue weighted by molar-refractivity contribution is 1.21. The van der Waals surface area contributed by atoms with Crippen LogP contribution < -0.4 is 0 Å². The number of hydrogen-bond donors (Lipinski definition) is 0. The molecule has 0 amide bonds. The number of aryl methyl sites for hydroxylation is 1. The lowest BCUT2D eigenvalue weighted by Gasteiger charge is -1.92. The van der Waals surface area contributed by atoms with Crippen molar-refractivity contribution in [3.63, 3.8) is 0 Å². The van der Waals surface area contributed by atoms with Crippen molar-refractivity contribution in [1.29, 1.82) is 0 Å². The first-order valence-corrected chi connectivity index (χ1v) is 3.92. The topological polar surface area (TPSA) is 12.9 Å². The van der Waals surface area contributed by atoms with Gasteiger partial charge in [-0.2, -0.15) is 0 Å². The molecule has 0 aliphatic rings. The van der Waals surface area contributed by atoms with Gasteiger partial charge in [0, 0.05) is 6.20 Å². The Hall–Kier alpha value is -1.11. The molecule has 58 valence electrons. The Morgan fingerprint density at radius 3 is 2.82 bits per heavy atom. The molecule has 0 aliphatic carbocycles. The van der Waals surface area contributed by atoms with Gasteiger partial charge in [0.1, 0.15) is 0 Å². The molecule has 1 nitrogen and oxygen atoms in total. The van der Waals surface area contributed by atoms with E-state index in [1.807, 2.05) is 25.3 Å². The molecular weight excluding hydrogens is 134 g/mol. The van der Waals surface area contributed by atoms with Crippen molar-refractivity contribution in [3.05, 3.63) is 35.7 Å². The summed E-state index contributed by atoms with van der Waals surface area (Å²) < 4.78 is 0. The highest BCUT2D eigenvalue weighted by atomic mass is 14.7. The molecular formula is C10H13N. The van der Waals surface area contributed by atoms with Gasteiger partial charge in [-0.3, -0.25) is 4.98 Å². The second-order valence-electron chi connectivity index (χ2n) is 2.57. The highest BCUT2D eigenvalue weighted by molar-refractivity contribution is 5.44. The van der Waals surface area contributed by atoms with Gasteiger partial charge in [0.25, 0.3) is 0 Å². The molecule has 0 spiro atoms. The average molecular weight is 147 g/mol. The summed E-state index contributed by atoms with van der Waals surface area (Å²) in [6.45, 7) is 4.16. The predicted octanol–water partition coefficient (Wildman–Crippen LogP) is 2.81. The standard InChI is InChI=1S/C10H13N/c1-3-4-5-10-7-6-9(2)8-11-10/h4-8H,3H2,1-2H3. The normalized spacial score (nSPS) is 10.7. The molecule has 11 heavy (non-hydrogen) atoms. The number of aromatic nitrogens is 1. The molecule has 1 rings (SSSR count). The second kappa shape index (κ2) is 3.91. The van der Waals surface area contributed by atoms with E-state index in [-0.39, 0.29) is 0 Å². The van der Waals surface area contributed by atoms with Crippen LogP contribution in [0.1, 0.15) is 24.6 Å². The van der Waals surface area contributed by atoms with Crippen LogP contribution in [0.4, 0.5) is 0 Å². The van der Waals surface area contributed by atoms with Crippen LogP contribution in [0.3, 0.4) is 0 Å². The first kappa shape index (κ1) is 7.99. The van der Waals surface area contributed by atoms with E-state index in [0.717, 1.165) is 12.1 Å². The average Bonchev–Trinajstić information content (AvgIpc) is 2.04. The monoisotopic (exact) mass is 147 g/mol. The second-order valence-corrected chi connectivity index (χ2v) is 2.57. The summed E-state index contributed by atoms with van der Waals surface area (Å²) >= 11 is 0. The third-order valence-electron chi connectivity index (χ3n) is 1.46. The van der Waals surface area contributed by atoms with Crippen LogP contribution in [0.15, 0.2) is 24.4 Å². The van der Waals surface area contributed by atoms with Crippen molar-refractivity contribution in [2.45, 2.75) is 20.3 Å². The summed E-state index contributed by atoms with van der Waals surface area (Å²) in [5.74, 6) is 0. The molecule has 0 atom stereocenters. The lowest BCUT2D eigenvalue weighted by Crippen LogP contribution is -1.79. The first-order chi connectivity index (χ1) is 5.33. The zero-order valence-corrected chi connectivity index (χ0v) is 7.04. The van der Waals surface area contributed by atoms with Crippen molar-refractivity contribution in [2.24, 2.45) is 0 Å². The number of pyridine rings is 1. The van der Waals surface area contributed by atoms with Crippen LogP contribution in [0.2, 0.25) is 0 Å². The third kappa shape index (κ3) is 2.54. The van der Waals surface area contributed by atoms with Gasteiger partial charge in [-0.15, -0.1) is 0 Å². The minimum Gasteiger partial charge on any atom is -0.257 e.